The van der Waals surface area contributed by atoms with Crippen LogP contribution >= 0.6 is 0 Å². The summed E-state index contributed by atoms with van der Waals surface area (Å²) >= 11 is 0. The van der Waals surface area contributed by atoms with Crippen LogP contribution in [0.15, 0.2) is 23.0 Å². The van der Waals surface area contributed by atoms with Crippen LogP contribution < -0.4 is 5.32 Å². The standard InChI is InChI=1S/C11H15N3O/c1-8-3-10(9(2)15-8)4-12-5-11-6-13-7-14-11/h3,6-7,12H,4-5H2,1-2H3,(H,13,14). The molecule has 15 heavy (non-hydrogen) atoms. The molecule has 0 atom stereocenters. The van der Waals surface area contributed by atoms with Crippen molar-refractivity contribution in [2.45, 2.75) is 26.9 Å². The van der Waals surface area contributed by atoms with Crippen molar-refractivity contribution in [2.75, 3.05) is 0 Å². The lowest BCUT2D eigenvalue weighted by atomic mass is 10.2. The maximum atomic E-state index is 5.44. The molecule has 2 aromatic rings. The van der Waals surface area contributed by atoms with Gasteiger partial charge >= 0.3 is 0 Å². The lowest BCUT2D eigenvalue weighted by Crippen LogP contribution is -2.12. The topological polar surface area (TPSA) is 53.9 Å². The summed E-state index contributed by atoms with van der Waals surface area (Å²) in [5.74, 6) is 1.95. The summed E-state index contributed by atoms with van der Waals surface area (Å²) in [4.78, 5) is 7.00. The van der Waals surface area contributed by atoms with Crippen LogP contribution in [0.1, 0.15) is 22.8 Å². The van der Waals surface area contributed by atoms with E-state index in [-0.39, 0.29) is 0 Å². The number of hydrogen-bond donors (Lipinski definition) is 2. The fourth-order valence-corrected chi connectivity index (χ4v) is 1.57. The highest BCUT2D eigenvalue weighted by Crippen LogP contribution is 2.13. The molecule has 0 bridgehead atoms. The highest BCUT2D eigenvalue weighted by molar-refractivity contribution is 5.19. The molecule has 2 heterocycles. The van der Waals surface area contributed by atoms with Crippen molar-refractivity contribution in [2.24, 2.45) is 0 Å². The molecular formula is C11H15N3O. The molecule has 0 saturated carbocycles. The van der Waals surface area contributed by atoms with E-state index in [0.29, 0.717) is 0 Å². The van der Waals surface area contributed by atoms with Crippen molar-refractivity contribution < 1.29 is 4.42 Å². The molecule has 0 fully saturated rings. The normalized spacial score (nSPS) is 10.8. The minimum atomic E-state index is 0.795. The van der Waals surface area contributed by atoms with Crippen LogP contribution in [0, 0.1) is 13.8 Å². The molecule has 2 N–H and O–H groups in total. The van der Waals surface area contributed by atoms with Gasteiger partial charge in [0.2, 0.25) is 0 Å². The van der Waals surface area contributed by atoms with Crippen LogP contribution in [0.4, 0.5) is 0 Å². The minimum Gasteiger partial charge on any atom is -0.466 e. The molecule has 4 heteroatoms. The van der Waals surface area contributed by atoms with Crippen molar-refractivity contribution >= 4 is 0 Å². The number of aromatic nitrogens is 2. The first-order chi connectivity index (χ1) is 7.25. The van der Waals surface area contributed by atoms with E-state index in [1.807, 2.05) is 20.0 Å². The SMILES string of the molecule is Cc1cc(CNCc2cnc[nH]2)c(C)o1. The number of furan rings is 1. The Morgan fingerprint density at radius 3 is 2.87 bits per heavy atom. The van der Waals surface area contributed by atoms with Gasteiger partial charge in [0.25, 0.3) is 0 Å². The van der Waals surface area contributed by atoms with Crippen molar-refractivity contribution in [1.29, 1.82) is 0 Å². The predicted molar refractivity (Wildman–Crippen MR) is 57.3 cm³/mol. The van der Waals surface area contributed by atoms with Crippen LogP contribution in [0.3, 0.4) is 0 Å². The maximum absolute atomic E-state index is 5.44. The minimum absolute atomic E-state index is 0.795. The largest absolute Gasteiger partial charge is 0.466 e. The molecule has 80 valence electrons. The van der Waals surface area contributed by atoms with Gasteiger partial charge < -0.3 is 14.7 Å². The van der Waals surface area contributed by atoms with Gasteiger partial charge in [0, 0.05) is 30.5 Å². The monoisotopic (exact) mass is 205 g/mol. The average Bonchev–Trinajstić information content (AvgIpc) is 2.77. The first-order valence-corrected chi connectivity index (χ1v) is 4.99. The number of nitrogens with zero attached hydrogens (tertiary/aromatic N) is 1. The molecule has 2 aromatic heterocycles. The summed E-state index contributed by atoms with van der Waals surface area (Å²) in [5, 5.41) is 3.33. The molecule has 0 aliphatic rings. The van der Waals surface area contributed by atoms with Crippen molar-refractivity contribution in [3.8, 4) is 0 Å². The van der Waals surface area contributed by atoms with Gasteiger partial charge in [-0.3, -0.25) is 0 Å². The van der Waals surface area contributed by atoms with Crippen molar-refractivity contribution in [3.05, 3.63) is 41.4 Å². The van der Waals surface area contributed by atoms with Crippen molar-refractivity contribution in [1.82, 2.24) is 15.3 Å². The Balaban J connectivity index is 1.86. The van der Waals surface area contributed by atoms with E-state index in [0.717, 1.165) is 30.3 Å². The van der Waals surface area contributed by atoms with Crippen LogP contribution in [0.25, 0.3) is 0 Å². The second kappa shape index (κ2) is 4.31. The van der Waals surface area contributed by atoms with E-state index in [1.165, 1.54) is 5.56 Å². The van der Waals surface area contributed by atoms with Gasteiger partial charge in [-0.25, -0.2) is 4.98 Å². The smallest absolute Gasteiger partial charge is 0.105 e. The summed E-state index contributed by atoms with van der Waals surface area (Å²) in [6.07, 6.45) is 3.50. The molecule has 0 unspecified atom stereocenters. The number of aryl methyl sites for hydroxylation is 2. The van der Waals surface area contributed by atoms with E-state index in [4.69, 9.17) is 4.42 Å². The summed E-state index contributed by atoms with van der Waals surface area (Å²) < 4.78 is 5.44. The number of aromatic amines is 1. The third-order valence-electron chi connectivity index (χ3n) is 2.33. The van der Waals surface area contributed by atoms with E-state index in [9.17, 15) is 0 Å². The van der Waals surface area contributed by atoms with E-state index >= 15 is 0 Å². The quantitative estimate of drug-likeness (QED) is 0.801. The Morgan fingerprint density at radius 2 is 2.27 bits per heavy atom. The fraction of sp³-hybridized carbons (Fsp3) is 0.364. The number of imidazole rings is 1. The second-order valence-electron chi connectivity index (χ2n) is 3.62. The molecule has 0 amide bonds. The third-order valence-corrected chi connectivity index (χ3v) is 2.33. The molecule has 0 spiro atoms. The summed E-state index contributed by atoms with van der Waals surface area (Å²) in [5.41, 5.74) is 2.31. The number of rotatable bonds is 4. The molecular weight excluding hydrogens is 190 g/mol. The number of H-pyrrole nitrogens is 1. The van der Waals surface area contributed by atoms with Gasteiger partial charge in [-0.2, -0.15) is 0 Å². The highest BCUT2D eigenvalue weighted by atomic mass is 16.3. The first kappa shape index (κ1) is 9.98. The zero-order valence-electron chi connectivity index (χ0n) is 9.00. The van der Waals surface area contributed by atoms with Gasteiger partial charge in [-0.1, -0.05) is 0 Å². The molecule has 4 nitrogen and oxygen atoms in total. The van der Waals surface area contributed by atoms with Crippen LogP contribution in [-0.2, 0) is 13.1 Å². The average molecular weight is 205 g/mol. The number of hydrogen-bond acceptors (Lipinski definition) is 3. The Bertz CT molecular complexity index is 417. The molecule has 2 rings (SSSR count). The van der Waals surface area contributed by atoms with Crippen LogP contribution in [0.2, 0.25) is 0 Å². The molecule has 0 aliphatic carbocycles. The Labute approximate surface area is 88.7 Å². The lowest BCUT2D eigenvalue weighted by Gasteiger charge is -2.01. The van der Waals surface area contributed by atoms with Crippen molar-refractivity contribution in [3.63, 3.8) is 0 Å². The maximum Gasteiger partial charge on any atom is 0.105 e. The Kier molecular flexibility index (Phi) is 2.87. The highest BCUT2D eigenvalue weighted by Gasteiger charge is 2.03. The van der Waals surface area contributed by atoms with E-state index in [2.05, 4.69) is 21.4 Å². The van der Waals surface area contributed by atoms with E-state index < -0.39 is 0 Å². The third kappa shape index (κ3) is 2.47. The first-order valence-electron chi connectivity index (χ1n) is 4.99. The number of nitrogens with one attached hydrogen (secondary N) is 2. The van der Waals surface area contributed by atoms with Gasteiger partial charge in [0.15, 0.2) is 0 Å². The summed E-state index contributed by atoms with van der Waals surface area (Å²) in [6.45, 7) is 5.57. The fourth-order valence-electron chi connectivity index (χ4n) is 1.57. The molecule has 0 radical (unpaired) electrons. The van der Waals surface area contributed by atoms with E-state index in [1.54, 1.807) is 6.33 Å². The molecule has 0 aromatic carbocycles. The zero-order chi connectivity index (χ0) is 10.7. The van der Waals surface area contributed by atoms with Gasteiger partial charge in [-0.15, -0.1) is 0 Å². The summed E-state index contributed by atoms with van der Waals surface area (Å²) in [6, 6.07) is 2.06. The molecule has 0 aliphatic heterocycles. The Morgan fingerprint density at radius 1 is 1.40 bits per heavy atom. The van der Waals surface area contributed by atoms with Gasteiger partial charge in [-0.05, 0) is 19.9 Å². The van der Waals surface area contributed by atoms with Gasteiger partial charge in [0.05, 0.1) is 6.33 Å². The van der Waals surface area contributed by atoms with Crippen LogP contribution in [-0.4, -0.2) is 9.97 Å². The Hall–Kier alpha value is -1.55. The molecule has 0 saturated heterocycles. The predicted octanol–water partition coefficient (Wildman–Crippen LogP) is 1.91. The lowest BCUT2D eigenvalue weighted by molar-refractivity contribution is 0.499. The van der Waals surface area contributed by atoms with Gasteiger partial charge in [0.1, 0.15) is 11.5 Å². The summed E-state index contributed by atoms with van der Waals surface area (Å²) in [7, 11) is 0. The zero-order valence-corrected chi connectivity index (χ0v) is 9.00. The van der Waals surface area contributed by atoms with Crippen LogP contribution in [0.5, 0.6) is 0 Å². The second-order valence-corrected chi connectivity index (χ2v) is 3.62.